The van der Waals surface area contributed by atoms with Gasteiger partial charge in [0, 0.05) is 37.5 Å². The molecule has 1 heterocycles. The zero-order valence-corrected chi connectivity index (χ0v) is 13.6. The summed E-state index contributed by atoms with van der Waals surface area (Å²) >= 11 is 3.44. The molecule has 1 aromatic carbocycles. The van der Waals surface area contributed by atoms with Crippen molar-refractivity contribution >= 4 is 33.4 Å². The van der Waals surface area contributed by atoms with Crippen LogP contribution in [0.3, 0.4) is 0 Å². The number of morpholine rings is 1. The molecule has 0 N–H and O–H groups in total. The number of benzene rings is 1. The Morgan fingerprint density at radius 2 is 1.95 bits per heavy atom. The molecule has 1 fully saturated rings. The molecular formula is C15H19BrN2O3. The van der Waals surface area contributed by atoms with E-state index in [-0.39, 0.29) is 11.8 Å². The van der Waals surface area contributed by atoms with E-state index in [0.29, 0.717) is 39.3 Å². The van der Waals surface area contributed by atoms with Crippen LogP contribution in [0.5, 0.6) is 0 Å². The van der Waals surface area contributed by atoms with Crippen molar-refractivity contribution in [3.8, 4) is 0 Å². The lowest BCUT2D eigenvalue weighted by Crippen LogP contribution is -2.42. The van der Waals surface area contributed by atoms with Crippen molar-refractivity contribution in [2.45, 2.75) is 13.3 Å². The van der Waals surface area contributed by atoms with Crippen LogP contribution >= 0.6 is 15.9 Å². The summed E-state index contributed by atoms with van der Waals surface area (Å²) in [6.07, 6.45) is 0.320. The number of halogens is 1. The third-order valence-corrected chi connectivity index (χ3v) is 4.11. The predicted octanol–water partition coefficient (Wildman–Crippen LogP) is 2.05. The molecule has 0 aromatic heterocycles. The molecule has 0 radical (unpaired) electrons. The Hall–Kier alpha value is -1.40. The third-order valence-electron chi connectivity index (χ3n) is 3.44. The fourth-order valence-electron chi connectivity index (χ4n) is 2.30. The fourth-order valence-corrected chi connectivity index (χ4v) is 2.80. The summed E-state index contributed by atoms with van der Waals surface area (Å²) in [5.74, 6) is -0.00622. The zero-order chi connectivity index (χ0) is 15.2. The lowest BCUT2D eigenvalue weighted by Gasteiger charge is -2.28. The molecule has 6 heteroatoms. The SMILES string of the molecule is CC(=O)N(CCC(=O)N1CCOCC1)c1ccccc1Br. The van der Waals surface area contributed by atoms with Gasteiger partial charge in [-0.2, -0.15) is 0 Å². The van der Waals surface area contributed by atoms with E-state index >= 15 is 0 Å². The van der Waals surface area contributed by atoms with Crippen LogP contribution in [0.15, 0.2) is 28.7 Å². The Morgan fingerprint density at radius 3 is 2.57 bits per heavy atom. The van der Waals surface area contributed by atoms with E-state index in [0.717, 1.165) is 10.2 Å². The highest BCUT2D eigenvalue weighted by atomic mass is 79.9. The summed E-state index contributed by atoms with van der Waals surface area (Å²) in [7, 11) is 0. The molecule has 21 heavy (non-hydrogen) atoms. The summed E-state index contributed by atoms with van der Waals surface area (Å²) in [4.78, 5) is 27.4. The zero-order valence-electron chi connectivity index (χ0n) is 12.0. The van der Waals surface area contributed by atoms with Gasteiger partial charge in [0.15, 0.2) is 0 Å². The Bertz CT molecular complexity index is 515. The Labute approximate surface area is 133 Å². The number of carbonyl (C=O) groups is 2. The highest BCUT2D eigenvalue weighted by Crippen LogP contribution is 2.26. The van der Waals surface area contributed by atoms with Crippen LogP contribution in [-0.2, 0) is 14.3 Å². The Balaban J connectivity index is 1.99. The molecule has 5 nitrogen and oxygen atoms in total. The van der Waals surface area contributed by atoms with Gasteiger partial charge in [-0.25, -0.2) is 0 Å². The van der Waals surface area contributed by atoms with Gasteiger partial charge in [-0.1, -0.05) is 12.1 Å². The van der Waals surface area contributed by atoms with Crippen molar-refractivity contribution < 1.29 is 14.3 Å². The van der Waals surface area contributed by atoms with Crippen LogP contribution in [0.1, 0.15) is 13.3 Å². The monoisotopic (exact) mass is 354 g/mol. The number of hydrogen-bond donors (Lipinski definition) is 0. The smallest absolute Gasteiger partial charge is 0.224 e. The highest BCUT2D eigenvalue weighted by Gasteiger charge is 2.20. The molecule has 1 aromatic rings. The van der Waals surface area contributed by atoms with Gasteiger partial charge in [0.2, 0.25) is 11.8 Å². The van der Waals surface area contributed by atoms with E-state index in [1.807, 2.05) is 24.3 Å². The number of para-hydroxylation sites is 1. The second-order valence-corrected chi connectivity index (χ2v) is 5.72. The number of rotatable bonds is 4. The molecule has 0 atom stereocenters. The minimum Gasteiger partial charge on any atom is -0.378 e. The van der Waals surface area contributed by atoms with Crippen molar-refractivity contribution in [3.05, 3.63) is 28.7 Å². The van der Waals surface area contributed by atoms with Crippen LogP contribution in [0, 0.1) is 0 Å². The molecule has 1 aliphatic rings. The fraction of sp³-hybridized carbons (Fsp3) is 0.467. The second kappa shape index (κ2) is 7.56. The lowest BCUT2D eigenvalue weighted by molar-refractivity contribution is -0.135. The first-order valence-electron chi connectivity index (χ1n) is 6.97. The lowest BCUT2D eigenvalue weighted by atomic mass is 10.2. The van der Waals surface area contributed by atoms with E-state index in [1.54, 1.807) is 9.80 Å². The van der Waals surface area contributed by atoms with Gasteiger partial charge in [-0.15, -0.1) is 0 Å². The van der Waals surface area contributed by atoms with E-state index in [9.17, 15) is 9.59 Å². The van der Waals surface area contributed by atoms with Gasteiger partial charge >= 0.3 is 0 Å². The quantitative estimate of drug-likeness (QED) is 0.831. The molecular weight excluding hydrogens is 336 g/mol. The maximum absolute atomic E-state index is 12.2. The minimum absolute atomic E-state index is 0.0663. The summed E-state index contributed by atoms with van der Waals surface area (Å²) < 4.78 is 6.08. The molecule has 2 amide bonds. The molecule has 0 saturated carbocycles. The summed E-state index contributed by atoms with van der Waals surface area (Å²) in [6, 6.07) is 7.52. The first-order valence-corrected chi connectivity index (χ1v) is 7.77. The van der Waals surface area contributed by atoms with Gasteiger partial charge in [-0.05, 0) is 28.1 Å². The summed E-state index contributed by atoms with van der Waals surface area (Å²) in [5.41, 5.74) is 0.791. The average Bonchev–Trinajstić information content (AvgIpc) is 2.49. The van der Waals surface area contributed by atoms with Crippen molar-refractivity contribution in [3.63, 3.8) is 0 Å². The number of anilines is 1. The number of nitrogens with zero attached hydrogens (tertiary/aromatic N) is 2. The summed E-state index contributed by atoms with van der Waals surface area (Å²) in [5, 5.41) is 0. The first-order chi connectivity index (χ1) is 10.1. The Morgan fingerprint density at radius 1 is 1.29 bits per heavy atom. The third kappa shape index (κ3) is 4.28. The largest absolute Gasteiger partial charge is 0.378 e. The van der Waals surface area contributed by atoms with Crippen LogP contribution < -0.4 is 4.90 Å². The standard InChI is InChI=1S/C15H19BrN2O3/c1-12(19)18(14-5-3-2-4-13(14)16)7-6-15(20)17-8-10-21-11-9-17/h2-5H,6-11H2,1H3. The topological polar surface area (TPSA) is 49.9 Å². The average molecular weight is 355 g/mol. The molecule has 0 bridgehead atoms. The minimum atomic E-state index is -0.0725. The normalized spacial score (nSPS) is 14.9. The number of hydrogen-bond acceptors (Lipinski definition) is 3. The van der Waals surface area contributed by atoms with E-state index in [1.165, 1.54) is 6.92 Å². The van der Waals surface area contributed by atoms with Gasteiger partial charge in [0.1, 0.15) is 0 Å². The van der Waals surface area contributed by atoms with Crippen LogP contribution in [0.4, 0.5) is 5.69 Å². The van der Waals surface area contributed by atoms with Crippen LogP contribution in [-0.4, -0.2) is 49.6 Å². The maximum atomic E-state index is 12.2. The highest BCUT2D eigenvalue weighted by molar-refractivity contribution is 9.10. The van der Waals surface area contributed by atoms with Crippen molar-refractivity contribution in [1.82, 2.24) is 4.90 Å². The number of amides is 2. The van der Waals surface area contributed by atoms with Gasteiger partial charge in [-0.3, -0.25) is 9.59 Å². The molecule has 0 aliphatic carbocycles. The van der Waals surface area contributed by atoms with Crippen molar-refractivity contribution in [1.29, 1.82) is 0 Å². The van der Waals surface area contributed by atoms with Gasteiger partial charge < -0.3 is 14.5 Å². The second-order valence-electron chi connectivity index (χ2n) is 4.87. The molecule has 0 unspecified atom stereocenters. The molecule has 1 aliphatic heterocycles. The predicted molar refractivity (Wildman–Crippen MR) is 84.2 cm³/mol. The van der Waals surface area contributed by atoms with Crippen molar-refractivity contribution in [2.75, 3.05) is 37.7 Å². The molecule has 0 spiro atoms. The number of ether oxygens (including phenoxy) is 1. The van der Waals surface area contributed by atoms with Gasteiger partial charge in [0.25, 0.3) is 0 Å². The van der Waals surface area contributed by atoms with Crippen molar-refractivity contribution in [2.24, 2.45) is 0 Å². The molecule has 2 rings (SSSR count). The van der Waals surface area contributed by atoms with E-state index in [2.05, 4.69) is 15.9 Å². The van der Waals surface area contributed by atoms with E-state index < -0.39 is 0 Å². The number of carbonyl (C=O) groups excluding carboxylic acids is 2. The molecule has 1 saturated heterocycles. The first kappa shape index (κ1) is 16.0. The molecule has 114 valence electrons. The van der Waals surface area contributed by atoms with Crippen LogP contribution in [0.2, 0.25) is 0 Å². The summed E-state index contributed by atoms with van der Waals surface area (Å²) in [6.45, 7) is 4.34. The Kier molecular flexibility index (Phi) is 5.76. The van der Waals surface area contributed by atoms with E-state index in [4.69, 9.17) is 4.74 Å². The van der Waals surface area contributed by atoms with Crippen LogP contribution in [0.25, 0.3) is 0 Å². The maximum Gasteiger partial charge on any atom is 0.224 e. The van der Waals surface area contributed by atoms with Gasteiger partial charge in [0.05, 0.1) is 18.9 Å².